The van der Waals surface area contributed by atoms with Crippen molar-refractivity contribution >= 4 is 23.7 Å². The quantitative estimate of drug-likeness (QED) is 0.291. The monoisotopic (exact) mass is 321 g/mol. The Balaban J connectivity index is 2.61. The molecule has 0 bridgehead atoms. The van der Waals surface area contributed by atoms with Crippen molar-refractivity contribution in [3.05, 3.63) is 38.4 Å². The van der Waals surface area contributed by atoms with E-state index in [1.807, 2.05) is 0 Å². The van der Waals surface area contributed by atoms with Crippen molar-refractivity contribution < 1.29 is 29.1 Å². The summed E-state index contributed by atoms with van der Waals surface area (Å²) >= 11 is 0. The lowest BCUT2D eigenvalue weighted by molar-refractivity contribution is -0.385. The molecule has 1 aliphatic rings. The summed E-state index contributed by atoms with van der Waals surface area (Å²) in [6.07, 6.45) is 1.05. The van der Waals surface area contributed by atoms with Gasteiger partial charge in [-0.05, 0) is 25.5 Å². The molecule has 0 radical (unpaired) electrons. The van der Waals surface area contributed by atoms with Crippen LogP contribution in [0.4, 0.5) is 5.69 Å². The Morgan fingerprint density at radius 1 is 1.22 bits per heavy atom. The molecule has 0 unspecified atom stereocenters. The number of nitro benzene ring substituents is 1. The van der Waals surface area contributed by atoms with Gasteiger partial charge in [-0.3, -0.25) is 10.1 Å². The summed E-state index contributed by atoms with van der Waals surface area (Å²) in [5.74, 6) is -3.49. The average molecular weight is 321 g/mol. The van der Waals surface area contributed by atoms with Gasteiger partial charge in [-0.15, -0.1) is 0 Å². The zero-order chi connectivity index (χ0) is 17.5. The number of carbonyl (C=O) groups excluding carboxylic acids is 2. The number of aromatic hydroxyl groups is 1. The molecule has 1 aliphatic heterocycles. The molecule has 8 heteroatoms. The van der Waals surface area contributed by atoms with E-state index in [1.54, 1.807) is 0 Å². The van der Waals surface area contributed by atoms with Crippen LogP contribution in [0.15, 0.2) is 11.6 Å². The summed E-state index contributed by atoms with van der Waals surface area (Å²) in [5.41, 5.74) is -0.309. The molecular formula is C15H15NO7. The van der Waals surface area contributed by atoms with Gasteiger partial charge in [0.1, 0.15) is 11.3 Å². The molecule has 0 saturated carbocycles. The average Bonchev–Trinajstić information content (AvgIpc) is 2.39. The molecule has 122 valence electrons. The number of nitrogens with zero attached hydrogens (tertiary/aromatic N) is 1. The number of phenols is 1. The Morgan fingerprint density at radius 3 is 2.22 bits per heavy atom. The van der Waals surface area contributed by atoms with Crippen molar-refractivity contribution in [2.24, 2.45) is 0 Å². The Kier molecular flexibility index (Phi) is 3.85. The fourth-order valence-corrected chi connectivity index (χ4v) is 2.20. The number of hydrogen-bond acceptors (Lipinski definition) is 7. The first-order valence-electron chi connectivity index (χ1n) is 6.69. The van der Waals surface area contributed by atoms with Gasteiger partial charge in [-0.25, -0.2) is 9.59 Å². The first kappa shape index (κ1) is 16.5. The number of benzene rings is 1. The lowest BCUT2D eigenvalue weighted by atomic mass is 9.99. The van der Waals surface area contributed by atoms with Crippen LogP contribution in [0.3, 0.4) is 0 Å². The largest absolute Gasteiger partial charge is 0.507 e. The number of hydrogen-bond donors (Lipinski definition) is 1. The highest BCUT2D eigenvalue weighted by atomic mass is 16.7. The van der Waals surface area contributed by atoms with Gasteiger partial charge in [0.05, 0.1) is 4.92 Å². The van der Waals surface area contributed by atoms with Crippen molar-refractivity contribution in [1.82, 2.24) is 0 Å². The fourth-order valence-electron chi connectivity index (χ4n) is 2.20. The molecule has 8 nitrogen and oxygen atoms in total. The van der Waals surface area contributed by atoms with Crippen LogP contribution in [0.5, 0.6) is 5.75 Å². The molecule has 0 atom stereocenters. The summed E-state index contributed by atoms with van der Waals surface area (Å²) in [7, 11) is 0. The molecular weight excluding hydrogens is 306 g/mol. The van der Waals surface area contributed by atoms with E-state index in [-0.39, 0.29) is 28.1 Å². The van der Waals surface area contributed by atoms with Crippen LogP contribution in [0.1, 0.15) is 30.5 Å². The minimum absolute atomic E-state index is 0.000283. The zero-order valence-electron chi connectivity index (χ0n) is 13.0. The van der Waals surface area contributed by atoms with Crippen molar-refractivity contribution in [1.29, 1.82) is 0 Å². The van der Waals surface area contributed by atoms with Gasteiger partial charge >= 0.3 is 11.9 Å². The molecule has 1 heterocycles. The molecule has 0 aliphatic carbocycles. The van der Waals surface area contributed by atoms with Crippen molar-refractivity contribution in [2.75, 3.05) is 0 Å². The third-order valence-electron chi connectivity index (χ3n) is 3.37. The highest BCUT2D eigenvalue weighted by Crippen LogP contribution is 2.35. The lowest BCUT2D eigenvalue weighted by Crippen LogP contribution is -2.41. The van der Waals surface area contributed by atoms with Crippen molar-refractivity contribution in [2.45, 2.75) is 33.5 Å². The van der Waals surface area contributed by atoms with E-state index in [4.69, 9.17) is 9.47 Å². The number of nitro groups is 1. The van der Waals surface area contributed by atoms with E-state index in [0.717, 1.165) is 6.08 Å². The van der Waals surface area contributed by atoms with Crippen LogP contribution in [0.2, 0.25) is 0 Å². The van der Waals surface area contributed by atoms with Crippen LogP contribution in [0, 0.1) is 24.0 Å². The number of phenolic OH excluding ortho intramolecular Hbond substituents is 1. The molecule has 1 N–H and O–H groups in total. The van der Waals surface area contributed by atoms with Crippen molar-refractivity contribution in [3.63, 3.8) is 0 Å². The SMILES string of the molecule is Cc1cc([N+](=O)[O-])c(C)c(C=C2C(=O)OC(C)(C)OC2=O)c1O. The van der Waals surface area contributed by atoms with Gasteiger partial charge in [0.2, 0.25) is 0 Å². The standard InChI is InChI=1S/C15H15NO7/c1-7-5-11(16(20)21)8(2)9(12(7)17)6-10-13(18)22-15(3,4)23-14(10)19/h5-6,17H,1-4H3. The molecule has 0 aromatic heterocycles. The number of ether oxygens (including phenoxy) is 2. The Morgan fingerprint density at radius 2 is 1.74 bits per heavy atom. The van der Waals surface area contributed by atoms with Gasteiger partial charge in [-0.1, -0.05) is 0 Å². The zero-order valence-corrected chi connectivity index (χ0v) is 13.0. The second-order valence-corrected chi connectivity index (χ2v) is 5.59. The Hall–Kier alpha value is -2.90. The number of cyclic esters (lactones) is 2. The number of esters is 2. The van der Waals surface area contributed by atoms with E-state index in [1.165, 1.54) is 33.8 Å². The smallest absolute Gasteiger partial charge is 0.348 e. The normalized spacial score (nSPS) is 16.6. The predicted molar refractivity (Wildman–Crippen MR) is 78.5 cm³/mol. The maximum absolute atomic E-state index is 11.9. The molecule has 23 heavy (non-hydrogen) atoms. The summed E-state index contributed by atoms with van der Waals surface area (Å²) in [6.45, 7) is 5.69. The predicted octanol–water partition coefficient (Wildman–Crippen LogP) is 2.14. The van der Waals surface area contributed by atoms with Crippen LogP contribution < -0.4 is 0 Å². The molecule has 2 rings (SSSR count). The first-order valence-corrected chi connectivity index (χ1v) is 6.69. The molecule has 0 spiro atoms. The van der Waals surface area contributed by atoms with Gasteiger partial charge in [-0.2, -0.15) is 0 Å². The van der Waals surface area contributed by atoms with E-state index in [2.05, 4.69) is 0 Å². The minimum atomic E-state index is -1.39. The van der Waals surface area contributed by atoms with E-state index in [9.17, 15) is 24.8 Å². The molecule has 1 fully saturated rings. The summed E-state index contributed by atoms with van der Waals surface area (Å²) < 4.78 is 9.90. The highest BCUT2D eigenvalue weighted by Gasteiger charge is 2.39. The Labute approximate surface area is 131 Å². The number of aryl methyl sites for hydroxylation is 1. The minimum Gasteiger partial charge on any atom is -0.507 e. The Bertz CT molecular complexity index is 740. The molecule has 0 amide bonds. The second kappa shape index (κ2) is 5.38. The maximum Gasteiger partial charge on any atom is 0.348 e. The summed E-state index contributed by atoms with van der Waals surface area (Å²) in [5, 5.41) is 21.2. The lowest BCUT2D eigenvalue weighted by Gasteiger charge is -2.29. The number of carbonyl (C=O) groups is 2. The van der Waals surface area contributed by atoms with Crippen LogP contribution in [0.25, 0.3) is 6.08 Å². The third-order valence-corrected chi connectivity index (χ3v) is 3.37. The van der Waals surface area contributed by atoms with Crippen molar-refractivity contribution in [3.8, 4) is 5.75 Å². The maximum atomic E-state index is 11.9. The highest BCUT2D eigenvalue weighted by molar-refractivity contribution is 6.19. The third kappa shape index (κ3) is 3.01. The van der Waals surface area contributed by atoms with Gasteiger partial charge in [0.15, 0.2) is 0 Å². The summed E-state index contributed by atoms with van der Waals surface area (Å²) in [6, 6.07) is 1.22. The van der Waals surface area contributed by atoms with E-state index in [0.29, 0.717) is 0 Å². The second-order valence-electron chi connectivity index (χ2n) is 5.59. The number of rotatable bonds is 2. The van der Waals surface area contributed by atoms with Crippen LogP contribution >= 0.6 is 0 Å². The van der Waals surface area contributed by atoms with Gasteiger partial charge in [0, 0.05) is 31.0 Å². The van der Waals surface area contributed by atoms with Gasteiger partial charge < -0.3 is 14.6 Å². The molecule has 1 saturated heterocycles. The molecule has 1 aromatic rings. The van der Waals surface area contributed by atoms with E-state index < -0.39 is 28.2 Å². The van der Waals surface area contributed by atoms with Crippen LogP contribution in [-0.4, -0.2) is 27.8 Å². The summed E-state index contributed by atoms with van der Waals surface area (Å²) in [4.78, 5) is 34.3. The molecule has 1 aromatic carbocycles. The topological polar surface area (TPSA) is 116 Å². The fraction of sp³-hybridized carbons (Fsp3) is 0.333. The van der Waals surface area contributed by atoms with Crippen LogP contribution in [-0.2, 0) is 19.1 Å². The first-order chi connectivity index (χ1) is 10.5. The van der Waals surface area contributed by atoms with E-state index >= 15 is 0 Å². The van der Waals surface area contributed by atoms with Gasteiger partial charge in [0.25, 0.3) is 11.5 Å².